The lowest BCUT2D eigenvalue weighted by molar-refractivity contribution is -0.104. The van der Waals surface area contributed by atoms with Crippen molar-refractivity contribution in [3.63, 3.8) is 0 Å². The van der Waals surface area contributed by atoms with Gasteiger partial charge in [-0.05, 0) is 29.7 Å². The summed E-state index contributed by atoms with van der Waals surface area (Å²) in [6, 6.07) is 8.85. The number of aryl methyl sites for hydroxylation is 1. The molecule has 2 aromatic carbocycles. The summed E-state index contributed by atoms with van der Waals surface area (Å²) in [7, 11) is 1.19. The summed E-state index contributed by atoms with van der Waals surface area (Å²) in [6.07, 6.45) is 0.285. The fraction of sp³-hybridized carbons (Fsp3) is 0.280. The molecule has 1 fully saturated rings. The van der Waals surface area contributed by atoms with Gasteiger partial charge in [-0.1, -0.05) is 24.3 Å². The third kappa shape index (κ3) is 4.76. The molecule has 1 aromatic heterocycles. The summed E-state index contributed by atoms with van der Waals surface area (Å²) in [5.41, 5.74) is 0.907. The number of rotatable bonds is 5. The van der Waals surface area contributed by atoms with Crippen molar-refractivity contribution in [2.24, 2.45) is 0 Å². The number of aliphatic hydroxyl groups is 1. The van der Waals surface area contributed by atoms with Gasteiger partial charge in [0.15, 0.2) is 29.6 Å². The highest BCUT2D eigenvalue weighted by Crippen LogP contribution is 2.31. The van der Waals surface area contributed by atoms with Crippen molar-refractivity contribution in [3.05, 3.63) is 82.3 Å². The summed E-state index contributed by atoms with van der Waals surface area (Å²) >= 11 is 0. The summed E-state index contributed by atoms with van der Waals surface area (Å²) in [5, 5.41) is 9.84. The number of β-amino-alcohol motifs (C(OH)–C–C–N with tert-alkyl or cyclic N) is 1. The molecule has 11 heteroatoms. The lowest BCUT2D eigenvalue weighted by Crippen LogP contribution is -2.42. The van der Waals surface area contributed by atoms with Gasteiger partial charge < -0.3 is 19.6 Å². The zero-order valence-corrected chi connectivity index (χ0v) is 19.4. The van der Waals surface area contributed by atoms with Crippen LogP contribution in [0.4, 0.5) is 27.8 Å². The predicted molar refractivity (Wildman–Crippen MR) is 121 cm³/mol. The summed E-state index contributed by atoms with van der Waals surface area (Å²) < 4.78 is 74.3. The van der Waals surface area contributed by atoms with E-state index in [4.69, 9.17) is 4.74 Å². The second-order valence-corrected chi connectivity index (χ2v) is 8.38. The molecule has 1 aliphatic rings. The maximum atomic E-state index is 14.2. The molecular formula is C25H22F5N3O3. The molecule has 4 rings (SSSR count). The first-order valence-electron chi connectivity index (χ1n) is 11.0. The molecule has 1 amide bonds. The third-order valence-electron chi connectivity index (χ3n) is 5.97. The van der Waals surface area contributed by atoms with Crippen LogP contribution < -0.4 is 4.90 Å². The number of amides is 1. The van der Waals surface area contributed by atoms with E-state index in [0.29, 0.717) is 23.5 Å². The Morgan fingerprint density at radius 3 is 2.36 bits per heavy atom. The normalized spacial score (nSPS) is 15.8. The van der Waals surface area contributed by atoms with Crippen molar-refractivity contribution in [3.8, 4) is 11.1 Å². The number of halogens is 5. The number of aliphatic hydroxyl groups excluding tert-OH is 1. The number of aromatic nitrogens is 1. The van der Waals surface area contributed by atoms with Crippen LogP contribution >= 0.6 is 0 Å². The average Bonchev–Trinajstić information content (AvgIpc) is 2.88. The molecule has 1 aliphatic heterocycles. The van der Waals surface area contributed by atoms with Gasteiger partial charge in [-0.15, -0.1) is 0 Å². The number of hydrogen-bond donors (Lipinski definition) is 1. The quantitative estimate of drug-likeness (QED) is 0.319. The number of nitrogens with zero attached hydrogens (tertiary/aromatic N) is 3. The zero-order chi connectivity index (χ0) is 26.1. The van der Waals surface area contributed by atoms with Gasteiger partial charge in [0.05, 0.1) is 25.3 Å². The highest BCUT2D eigenvalue weighted by Gasteiger charge is 2.29. The molecule has 0 radical (unpaired) electrons. The van der Waals surface area contributed by atoms with Crippen molar-refractivity contribution in [2.75, 3.05) is 31.6 Å². The molecule has 3 aromatic rings. The predicted octanol–water partition coefficient (Wildman–Crippen LogP) is 4.18. The summed E-state index contributed by atoms with van der Waals surface area (Å²) in [5.74, 6) is -10.7. The van der Waals surface area contributed by atoms with E-state index in [1.165, 1.54) is 13.2 Å². The highest BCUT2D eigenvalue weighted by molar-refractivity contribution is 6.01. The Morgan fingerprint density at radius 1 is 1.08 bits per heavy atom. The van der Waals surface area contributed by atoms with Crippen LogP contribution in [0.1, 0.15) is 21.5 Å². The van der Waals surface area contributed by atoms with Crippen molar-refractivity contribution in [2.45, 2.75) is 19.8 Å². The number of morpholine rings is 1. The molecule has 190 valence electrons. The molecule has 0 bridgehead atoms. The molecule has 0 saturated carbocycles. The molecule has 1 atom stereocenters. The smallest absolute Gasteiger partial charge is 0.256 e. The van der Waals surface area contributed by atoms with Crippen LogP contribution in [0.15, 0.2) is 36.5 Å². The first-order chi connectivity index (χ1) is 17.1. The van der Waals surface area contributed by atoms with Gasteiger partial charge in [0, 0.05) is 25.4 Å². The number of ether oxygens (including phenoxy) is 1. The van der Waals surface area contributed by atoms with E-state index in [0.717, 1.165) is 10.5 Å². The lowest BCUT2D eigenvalue weighted by atomic mass is 9.96. The minimum absolute atomic E-state index is 0.0632. The Labute approximate surface area is 203 Å². The number of anilines is 1. The van der Waals surface area contributed by atoms with Crippen molar-refractivity contribution >= 4 is 11.7 Å². The topological polar surface area (TPSA) is 65.9 Å². The Bertz CT molecular complexity index is 1290. The van der Waals surface area contributed by atoms with Gasteiger partial charge in [0.1, 0.15) is 5.82 Å². The Kier molecular flexibility index (Phi) is 7.23. The molecule has 0 spiro atoms. The second kappa shape index (κ2) is 10.2. The molecular weight excluding hydrogens is 485 g/mol. The van der Waals surface area contributed by atoms with Gasteiger partial charge in [0.25, 0.3) is 5.91 Å². The van der Waals surface area contributed by atoms with E-state index in [-0.39, 0.29) is 18.7 Å². The second-order valence-electron chi connectivity index (χ2n) is 8.38. The van der Waals surface area contributed by atoms with Gasteiger partial charge in [-0.2, -0.15) is 0 Å². The van der Waals surface area contributed by atoms with E-state index in [2.05, 4.69) is 4.98 Å². The third-order valence-corrected chi connectivity index (χ3v) is 5.97. The van der Waals surface area contributed by atoms with Crippen LogP contribution in [0.2, 0.25) is 0 Å². The van der Waals surface area contributed by atoms with Gasteiger partial charge in [-0.25, -0.2) is 26.9 Å². The molecule has 36 heavy (non-hydrogen) atoms. The fourth-order valence-corrected chi connectivity index (χ4v) is 4.03. The number of benzene rings is 2. The number of carbonyl (C=O) groups is 1. The van der Waals surface area contributed by atoms with Crippen molar-refractivity contribution < 1.29 is 36.6 Å². The zero-order valence-electron chi connectivity index (χ0n) is 19.4. The van der Waals surface area contributed by atoms with Crippen LogP contribution in [0.5, 0.6) is 0 Å². The maximum absolute atomic E-state index is 14.2. The summed E-state index contributed by atoms with van der Waals surface area (Å²) in [6.45, 7) is 1.85. The Balaban J connectivity index is 1.74. The van der Waals surface area contributed by atoms with E-state index in [1.807, 2.05) is 19.1 Å². The fourth-order valence-electron chi connectivity index (χ4n) is 4.03. The molecule has 2 heterocycles. The Morgan fingerprint density at radius 2 is 1.72 bits per heavy atom. The van der Waals surface area contributed by atoms with Gasteiger partial charge in [0.2, 0.25) is 5.82 Å². The first-order valence-corrected chi connectivity index (χ1v) is 11.0. The van der Waals surface area contributed by atoms with Crippen LogP contribution in [-0.2, 0) is 11.3 Å². The average molecular weight is 507 g/mol. The number of pyridine rings is 1. The van der Waals surface area contributed by atoms with Crippen LogP contribution in [0.3, 0.4) is 0 Å². The summed E-state index contributed by atoms with van der Waals surface area (Å²) in [4.78, 5) is 20.3. The highest BCUT2D eigenvalue weighted by atomic mass is 19.2. The number of carbonyl (C=O) groups excluding carboxylic acids is 1. The monoisotopic (exact) mass is 507 g/mol. The minimum atomic E-state index is -2.27. The Hall–Kier alpha value is -3.57. The van der Waals surface area contributed by atoms with Crippen molar-refractivity contribution in [1.82, 2.24) is 9.88 Å². The van der Waals surface area contributed by atoms with Crippen molar-refractivity contribution in [1.29, 1.82) is 0 Å². The molecule has 1 N–H and O–H groups in total. The van der Waals surface area contributed by atoms with Crippen LogP contribution in [0, 0.1) is 36.0 Å². The van der Waals surface area contributed by atoms with E-state index in [9.17, 15) is 31.9 Å². The van der Waals surface area contributed by atoms with E-state index in [1.54, 1.807) is 23.1 Å². The van der Waals surface area contributed by atoms with Crippen LogP contribution in [-0.4, -0.2) is 53.9 Å². The maximum Gasteiger partial charge on any atom is 0.256 e. The minimum Gasteiger partial charge on any atom is -0.366 e. The van der Waals surface area contributed by atoms with Crippen LogP contribution in [0.25, 0.3) is 11.1 Å². The molecule has 6 nitrogen and oxygen atoms in total. The lowest BCUT2D eigenvalue weighted by Gasteiger charge is -2.31. The van der Waals surface area contributed by atoms with Gasteiger partial charge >= 0.3 is 0 Å². The molecule has 0 aliphatic carbocycles. The molecule has 1 saturated heterocycles. The van der Waals surface area contributed by atoms with E-state index < -0.39 is 53.4 Å². The first kappa shape index (κ1) is 25.5. The SMILES string of the molecule is Cc1ccccc1-c1cc(N2CCOC(O)C2)ncc1C(=O)N(C)Cc1c(F)c(F)c(F)c(F)c1F. The molecule has 1 unspecified atom stereocenters. The van der Waals surface area contributed by atoms with Gasteiger partial charge in [-0.3, -0.25) is 4.79 Å². The largest absolute Gasteiger partial charge is 0.366 e. The standard InChI is InChI=1S/C25H22F5N3O3/c1-13-5-3-4-6-14(13)15-9-18(33-7-8-36-19(34)12-33)31-10-16(15)25(35)32(2)11-17-20(26)22(28)24(30)23(29)21(17)27/h3-6,9-10,19,34H,7-8,11-12H2,1-2H3. The number of hydrogen-bond acceptors (Lipinski definition) is 5. The van der Waals surface area contributed by atoms with E-state index >= 15 is 0 Å².